The standard InChI is InChI=1S/C18H17F2N5OS/c1-10-7-18(2,25-17(21)27-10)15-6-11(3-4-22-15)5-14(26)12-8-24-13(9-23-12)16(19)20/h3-4,6,8-9,16H,1,5,7H2,2H3,(H2,21,25)/t18-/m0/s1. The summed E-state index contributed by atoms with van der Waals surface area (Å²) in [6, 6.07) is 3.50. The van der Waals surface area contributed by atoms with Crippen LogP contribution in [-0.2, 0) is 12.0 Å². The molecule has 3 rings (SSSR count). The van der Waals surface area contributed by atoms with E-state index in [1.165, 1.54) is 11.8 Å². The molecule has 2 aromatic heterocycles. The quantitative estimate of drug-likeness (QED) is 0.788. The van der Waals surface area contributed by atoms with Crippen molar-refractivity contribution < 1.29 is 13.6 Å². The molecule has 3 heterocycles. The minimum atomic E-state index is -2.72. The molecule has 1 aliphatic rings. The van der Waals surface area contributed by atoms with E-state index >= 15 is 0 Å². The fourth-order valence-corrected chi connectivity index (χ4v) is 3.67. The molecule has 0 bridgehead atoms. The Morgan fingerprint density at radius 1 is 1.37 bits per heavy atom. The van der Waals surface area contributed by atoms with E-state index in [0.29, 0.717) is 22.8 Å². The van der Waals surface area contributed by atoms with Gasteiger partial charge in [-0.2, -0.15) is 0 Å². The van der Waals surface area contributed by atoms with Crippen LogP contribution < -0.4 is 5.73 Å². The van der Waals surface area contributed by atoms with Gasteiger partial charge in [-0.05, 0) is 29.5 Å². The Morgan fingerprint density at radius 3 is 2.78 bits per heavy atom. The summed E-state index contributed by atoms with van der Waals surface area (Å²) in [7, 11) is 0. The molecule has 0 saturated heterocycles. The largest absolute Gasteiger partial charge is 0.378 e. The lowest BCUT2D eigenvalue weighted by molar-refractivity contribution is 0.0986. The second-order valence-electron chi connectivity index (χ2n) is 6.32. The second-order valence-corrected chi connectivity index (χ2v) is 7.52. The summed E-state index contributed by atoms with van der Waals surface area (Å²) in [5.74, 6) is -0.322. The normalized spacial score (nSPS) is 19.9. The molecule has 27 heavy (non-hydrogen) atoms. The summed E-state index contributed by atoms with van der Waals surface area (Å²) < 4.78 is 25.1. The number of rotatable bonds is 5. The molecule has 0 amide bonds. The second kappa shape index (κ2) is 7.51. The van der Waals surface area contributed by atoms with Gasteiger partial charge < -0.3 is 5.73 Å². The van der Waals surface area contributed by atoms with Crippen molar-refractivity contribution in [1.82, 2.24) is 15.0 Å². The number of nitrogens with zero attached hydrogens (tertiary/aromatic N) is 4. The van der Waals surface area contributed by atoms with Crippen LogP contribution in [-0.4, -0.2) is 25.9 Å². The molecule has 2 N–H and O–H groups in total. The molecule has 0 spiro atoms. The number of Topliss-reactive ketones (excluding diaryl/α,β-unsaturated/α-hetero) is 1. The van der Waals surface area contributed by atoms with E-state index in [2.05, 4.69) is 26.5 Å². The Bertz CT molecular complexity index is 916. The number of amidine groups is 1. The lowest BCUT2D eigenvalue weighted by atomic mass is 9.92. The fraction of sp³-hybridized carbons (Fsp3) is 0.278. The third-order valence-corrected chi connectivity index (χ3v) is 4.80. The van der Waals surface area contributed by atoms with Crippen LogP contribution in [0, 0.1) is 0 Å². The van der Waals surface area contributed by atoms with Gasteiger partial charge in [-0.3, -0.25) is 14.8 Å². The number of aliphatic imine (C=N–C) groups is 1. The number of pyridine rings is 1. The molecule has 1 atom stereocenters. The lowest BCUT2D eigenvalue weighted by Crippen LogP contribution is -2.28. The number of alkyl halides is 2. The highest BCUT2D eigenvalue weighted by Crippen LogP contribution is 2.39. The van der Waals surface area contributed by atoms with Crippen LogP contribution >= 0.6 is 11.8 Å². The van der Waals surface area contributed by atoms with Crippen molar-refractivity contribution in [3.63, 3.8) is 0 Å². The van der Waals surface area contributed by atoms with E-state index < -0.39 is 17.7 Å². The van der Waals surface area contributed by atoms with E-state index in [1.807, 2.05) is 6.92 Å². The van der Waals surface area contributed by atoms with Crippen LogP contribution in [0.2, 0.25) is 0 Å². The van der Waals surface area contributed by atoms with Crippen molar-refractivity contribution in [3.05, 3.63) is 64.9 Å². The van der Waals surface area contributed by atoms with Gasteiger partial charge >= 0.3 is 0 Å². The third kappa shape index (κ3) is 4.36. The van der Waals surface area contributed by atoms with Gasteiger partial charge in [0.05, 0.1) is 18.1 Å². The first-order valence-electron chi connectivity index (χ1n) is 8.06. The van der Waals surface area contributed by atoms with Gasteiger partial charge in [0.1, 0.15) is 16.9 Å². The van der Waals surface area contributed by atoms with Gasteiger partial charge in [0.25, 0.3) is 6.43 Å². The van der Waals surface area contributed by atoms with Gasteiger partial charge in [-0.15, -0.1) is 0 Å². The van der Waals surface area contributed by atoms with Crippen LogP contribution in [0.1, 0.15) is 47.2 Å². The zero-order chi connectivity index (χ0) is 19.6. The van der Waals surface area contributed by atoms with Crippen molar-refractivity contribution in [2.75, 3.05) is 0 Å². The molecule has 2 aromatic rings. The number of carbonyl (C=O) groups is 1. The van der Waals surface area contributed by atoms with Crippen LogP contribution in [0.3, 0.4) is 0 Å². The van der Waals surface area contributed by atoms with Gasteiger partial charge in [0, 0.05) is 19.0 Å². The molecular formula is C18H17F2N5OS. The first-order chi connectivity index (χ1) is 12.8. The van der Waals surface area contributed by atoms with Crippen molar-refractivity contribution in [3.8, 4) is 0 Å². The summed E-state index contributed by atoms with van der Waals surface area (Å²) in [6.07, 6.45) is 1.50. The molecule has 0 fully saturated rings. The van der Waals surface area contributed by atoms with E-state index in [4.69, 9.17) is 5.73 Å². The number of ketones is 1. The Balaban J connectivity index is 1.80. The minimum absolute atomic E-state index is 0.0358. The topological polar surface area (TPSA) is 94.1 Å². The highest BCUT2D eigenvalue weighted by molar-refractivity contribution is 8.17. The first-order valence-corrected chi connectivity index (χ1v) is 8.88. The maximum Gasteiger partial charge on any atom is 0.281 e. The number of aromatic nitrogens is 3. The molecule has 0 aromatic carbocycles. The highest BCUT2D eigenvalue weighted by Gasteiger charge is 2.32. The molecule has 140 valence electrons. The molecule has 0 aliphatic carbocycles. The van der Waals surface area contributed by atoms with E-state index in [9.17, 15) is 13.6 Å². The summed E-state index contributed by atoms with van der Waals surface area (Å²) in [5, 5.41) is 0.423. The Labute approximate surface area is 159 Å². The smallest absolute Gasteiger partial charge is 0.281 e. The Kier molecular flexibility index (Phi) is 5.31. The molecule has 9 heteroatoms. The zero-order valence-corrected chi connectivity index (χ0v) is 15.3. The van der Waals surface area contributed by atoms with Crippen LogP contribution in [0.4, 0.5) is 8.78 Å². The molecule has 0 saturated carbocycles. The number of halogens is 2. The predicted octanol–water partition coefficient (Wildman–Crippen LogP) is 3.42. The number of nitrogens with two attached hydrogens (primary N) is 1. The number of hydrogen-bond acceptors (Lipinski definition) is 7. The van der Waals surface area contributed by atoms with Gasteiger partial charge in [-0.25, -0.2) is 18.8 Å². The van der Waals surface area contributed by atoms with Crippen LogP contribution in [0.5, 0.6) is 0 Å². The van der Waals surface area contributed by atoms with Gasteiger partial charge in [0.15, 0.2) is 11.0 Å². The fourth-order valence-electron chi connectivity index (χ4n) is 2.77. The molecule has 0 radical (unpaired) electrons. The van der Waals surface area contributed by atoms with Gasteiger partial charge in [-0.1, -0.05) is 18.3 Å². The van der Waals surface area contributed by atoms with Crippen molar-refractivity contribution in [1.29, 1.82) is 0 Å². The predicted molar refractivity (Wildman–Crippen MR) is 99.6 cm³/mol. The maximum atomic E-state index is 12.5. The minimum Gasteiger partial charge on any atom is -0.378 e. The lowest BCUT2D eigenvalue weighted by Gasteiger charge is -2.30. The third-order valence-electron chi connectivity index (χ3n) is 4.07. The zero-order valence-electron chi connectivity index (χ0n) is 14.5. The molecular weight excluding hydrogens is 372 g/mol. The Morgan fingerprint density at radius 2 is 2.15 bits per heavy atom. The average molecular weight is 389 g/mol. The number of carbonyl (C=O) groups excluding carboxylic acids is 1. The summed E-state index contributed by atoms with van der Waals surface area (Å²) in [4.78, 5) is 29.5. The monoisotopic (exact) mass is 389 g/mol. The molecule has 6 nitrogen and oxygen atoms in total. The summed E-state index contributed by atoms with van der Waals surface area (Å²) in [5.41, 5.74) is 6.18. The van der Waals surface area contributed by atoms with Crippen LogP contribution in [0.25, 0.3) is 0 Å². The summed E-state index contributed by atoms with van der Waals surface area (Å²) >= 11 is 1.34. The maximum absolute atomic E-state index is 12.5. The van der Waals surface area contributed by atoms with Crippen molar-refractivity contribution in [2.45, 2.75) is 31.7 Å². The number of hydrogen-bond donors (Lipinski definition) is 1. The molecule has 1 aliphatic heterocycles. The summed E-state index contributed by atoms with van der Waals surface area (Å²) in [6.45, 7) is 5.88. The SMILES string of the molecule is C=C1C[C@@](C)(c2cc(CC(=O)c3cnc(C(F)F)cn3)ccn2)N=C(N)S1. The average Bonchev–Trinajstić information content (AvgIpc) is 2.61. The van der Waals surface area contributed by atoms with E-state index in [0.717, 1.165) is 17.3 Å². The van der Waals surface area contributed by atoms with Crippen LogP contribution in [0.15, 0.2) is 47.2 Å². The van der Waals surface area contributed by atoms with Gasteiger partial charge in [0.2, 0.25) is 0 Å². The van der Waals surface area contributed by atoms with Crippen molar-refractivity contribution in [2.24, 2.45) is 10.7 Å². The first kappa shape index (κ1) is 19.1. The highest BCUT2D eigenvalue weighted by atomic mass is 32.2. The number of thioether (sulfide) groups is 1. The molecule has 0 unspecified atom stereocenters. The van der Waals surface area contributed by atoms with E-state index in [-0.39, 0.29) is 17.9 Å². The Hall–Kier alpha value is -2.68. The van der Waals surface area contributed by atoms with Crippen molar-refractivity contribution >= 4 is 22.7 Å². The van der Waals surface area contributed by atoms with E-state index in [1.54, 1.807) is 18.3 Å².